The van der Waals surface area contributed by atoms with Gasteiger partial charge in [-0.05, 0) is 60.4 Å². The zero-order valence-electron chi connectivity index (χ0n) is 16.4. The Morgan fingerprint density at radius 3 is 1.93 bits per heavy atom. The molecule has 4 rings (SSSR count). The number of fused-ring (bicyclic) bond motifs is 3. The number of esters is 1. The van der Waals surface area contributed by atoms with Crippen molar-refractivity contribution in [1.82, 2.24) is 0 Å². The van der Waals surface area contributed by atoms with E-state index in [1.165, 1.54) is 11.1 Å². The minimum Gasteiger partial charge on any atom is -0.465 e. The molecule has 3 aromatic rings. The van der Waals surface area contributed by atoms with Gasteiger partial charge in [0.25, 0.3) is 0 Å². The summed E-state index contributed by atoms with van der Waals surface area (Å²) in [5, 5.41) is 0. The van der Waals surface area contributed by atoms with E-state index in [0.717, 1.165) is 11.1 Å². The lowest BCUT2D eigenvalue weighted by Gasteiger charge is -2.21. The number of carbonyl (C=O) groups is 1. The van der Waals surface area contributed by atoms with E-state index in [0.29, 0.717) is 17.1 Å². The first-order chi connectivity index (χ1) is 14.0. The first-order valence-corrected chi connectivity index (χ1v) is 9.51. The molecule has 0 aliphatic heterocycles. The summed E-state index contributed by atoms with van der Waals surface area (Å²) in [4.78, 5) is 11.6. The Morgan fingerprint density at radius 2 is 1.38 bits per heavy atom. The van der Waals surface area contributed by atoms with Crippen molar-refractivity contribution in [2.45, 2.75) is 26.2 Å². The molecular weight excluding hydrogens is 364 g/mol. The number of ether oxygens (including phenoxy) is 3. The first kappa shape index (κ1) is 19.0. The topological polar surface area (TPSA) is 44.8 Å². The molecule has 1 aliphatic carbocycles. The van der Waals surface area contributed by atoms with E-state index in [2.05, 4.69) is 30.8 Å². The molecule has 3 aromatic carbocycles. The lowest BCUT2D eigenvalue weighted by molar-refractivity contribution is -0.130. The standard InChI is InChI=1S/C25H22O4/c1-16(2)25(26)29-19-14-12-18(13-15-19)27-17(3)28-24-22-10-6-4-8-20(22)21-9-5-7-11-23(21)24/h4-15,17,24H,1H2,2-3H3. The Morgan fingerprint density at radius 1 is 0.862 bits per heavy atom. The highest BCUT2D eigenvalue weighted by Gasteiger charge is 2.30. The van der Waals surface area contributed by atoms with Crippen LogP contribution in [0.4, 0.5) is 0 Å². The molecular formula is C25H22O4. The largest absolute Gasteiger partial charge is 0.465 e. The van der Waals surface area contributed by atoms with Crippen LogP contribution in [0.25, 0.3) is 11.1 Å². The van der Waals surface area contributed by atoms with Crippen LogP contribution in [0, 0.1) is 0 Å². The molecule has 0 saturated heterocycles. The second kappa shape index (κ2) is 7.94. The van der Waals surface area contributed by atoms with E-state index in [-0.39, 0.29) is 6.10 Å². The summed E-state index contributed by atoms with van der Waals surface area (Å²) in [5.41, 5.74) is 5.04. The molecule has 0 bridgehead atoms. The van der Waals surface area contributed by atoms with Crippen LogP contribution >= 0.6 is 0 Å². The van der Waals surface area contributed by atoms with Crippen molar-refractivity contribution < 1.29 is 19.0 Å². The van der Waals surface area contributed by atoms with Gasteiger partial charge in [0.2, 0.25) is 0 Å². The van der Waals surface area contributed by atoms with Gasteiger partial charge in [0.15, 0.2) is 6.29 Å². The zero-order valence-corrected chi connectivity index (χ0v) is 16.4. The van der Waals surface area contributed by atoms with Gasteiger partial charge < -0.3 is 14.2 Å². The Hall–Kier alpha value is -3.37. The van der Waals surface area contributed by atoms with E-state index in [1.54, 1.807) is 31.2 Å². The van der Waals surface area contributed by atoms with Crippen LogP contribution in [0.1, 0.15) is 31.1 Å². The molecule has 0 radical (unpaired) electrons. The zero-order chi connectivity index (χ0) is 20.4. The smallest absolute Gasteiger partial charge is 0.338 e. The minimum absolute atomic E-state index is 0.173. The molecule has 1 aliphatic rings. The number of hydrogen-bond donors (Lipinski definition) is 0. The molecule has 1 atom stereocenters. The van der Waals surface area contributed by atoms with Crippen LogP contribution in [-0.2, 0) is 9.53 Å². The van der Waals surface area contributed by atoms with Crippen LogP contribution in [0.2, 0.25) is 0 Å². The van der Waals surface area contributed by atoms with Gasteiger partial charge in [-0.1, -0.05) is 55.1 Å². The molecule has 0 aromatic heterocycles. The van der Waals surface area contributed by atoms with Gasteiger partial charge in [-0.2, -0.15) is 0 Å². The lowest BCUT2D eigenvalue weighted by Crippen LogP contribution is -2.19. The van der Waals surface area contributed by atoms with Crippen LogP contribution in [-0.4, -0.2) is 12.3 Å². The normalized spacial score (nSPS) is 13.3. The predicted molar refractivity (Wildman–Crippen MR) is 112 cm³/mol. The predicted octanol–water partition coefficient (Wildman–Crippen LogP) is 5.68. The summed E-state index contributed by atoms with van der Waals surface area (Å²) in [6, 6.07) is 23.4. The van der Waals surface area contributed by atoms with Crippen molar-refractivity contribution in [3.05, 3.63) is 96.1 Å². The Balaban J connectivity index is 1.46. The highest BCUT2D eigenvalue weighted by molar-refractivity contribution is 5.88. The summed E-state index contributed by atoms with van der Waals surface area (Å²) < 4.78 is 17.4. The van der Waals surface area contributed by atoms with Crippen LogP contribution < -0.4 is 9.47 Å². The molecule has 0 fully saturated rings. The fourth-order valence-electron chi connectivity index (χ4n) is 3.45. The number of benzene rings is 3. The third-order valence-electron chi connectivity index (χ3n) is 4.79. The maximum atomic E-state index is 11.6. The van der Waals surface area contributed by atoms with Crippen molar-refractivity contribution in [3.63, 3.8) is 0 Å². The summed E-state index contributed by atoms with van der Waals surface area (Å²) in [7, 11) is 0. The van der Waals surface area contributed by atoms with Crippen LogP contribution in [0.3, 0.4) is 0 Å². The Labute approximate surface area is 170 Å². The quantitative estimate of drug-likeness (QED) is 0.237. The van der Waals surface area contributed by atoms with Crippen molar-refractivity contribution in [1.29, 1.82) is 0 Å². The molecule has 0 heterocycles. The van der Waals surface area contributed by atoms with E-state index in [9.17, 15) is 4.79 Å². The summed E-state index contributed by atoms with van der Waals surface area (Å²) in [6.45, 7) is 7.06. The SMILES string of the molecule is C=C(C)C(=O)Oc1ccc(OC(C)OC2c3ccccc3-c3ccccc32)cc1. The van der Waals surface area contributed by atoms with Gasteiger partial charge in [-0.3, -0.25) is 0 Å². The van der Waals surface area contributed by atoms with Gasteiger partial charge >= 0.3 is 5.97 Å². The van der Waals surface area contributed by atoms with E-state index in [1.807, 2.05) is 31.2 Å². The number of carbonyl (C=O) groups excluding carboxylic acids is 1. The first-order valence-electron chi connectivity index (χ1n) is 9.51. The molecule has 146 valence electrons. The van der Waals surface area contributed by atoms with Crippen LogP contribution in [0.15, 0.2) is 84.9 Å². The molecule has 0 amide bonds. The molecule has 1 unspecified atom stereocenters. The van der Waals surface area contributed by atoms with Crippen molar-refractivity contribution >= 4 is 5.97 Å². The average molecular weight is 386 g/mol. The second-order valence-electron chi connectivity index (χ2n) is 7.02. The number of hydrogen-bond acceptors (Lipinski definition) is 4. The number of rotatable bonds is 6. The fraction of sp³-hybridized carbons (Fsp3) is 0.160. The molecule has 29 heavy (non-hydrogen) atoms. The highest BCUT2D eigenvalue weighted by atomic mass is 16.7. The van der Waals surface area contributed by atoms with Crippen molar-refractivity contribution in [2.75, 3.05) is 0 Å². The van der Waals surface area contributed by atoms with Gasteiger partial charge in [-0.25, -0.2) is 4.79 Å². The fourth-order valence-corrected chi connectivity index (χ4v) is 3.45. The maximum absolute atomic E-state index is 11.6. The average Bonchev–Trinajstić information content (AvgIpc) is 3.03. The van der Waals surface area contributed by atoms with E-state index in [4.69, 9.17) is 14.2 Å². The maximum Gasteiger partial charge on any atom is 0.338 e. The second-order valence-corrected chi connectivity index (χ2v) is 7.02. The summed E-state index contributed by atoms with van der Waals surface area (Å²) >= 11 is 0. The monoisotopic (exact) mass is 386 g/mol. The van der Waals surface area contributed by atoms with Crippen molar-refractivity contribution in [2.24, 2.45) is 0 Å². The molecule has 0 N–H and O–H groups in total. The third kappa shape index (κ3) is 3.93. The van der Waals surface area contributed by atoms with Gasteiger partial charge in [-0.15, -0.1) is 0 Å². The minimum atomic E-state index is -0.469. The Bertz CT molecular complexity index is 1010. The summed E-state index contributed by atoms with van der Waals surface area (Å²) in [5.74, 6) is 0.624. The van der Waals surface area contributed by atoms with Gasteiger partial charge in [0, 0.05) is 5.57 Å². The summed E-state index contributed by atoms with van der Waals surface area (Å²) in [6.07, 6.45) is -0.642. The van der Waals surface area contributed by atoms with E-state index < -0.39 is 12.3 Å². The van der Waals surface area contributed by atoms with Gasteiger partial charge in [0.1, 0.15) is 17.6 Å². The third-order valence-corrected chi connectivity index (χ3v) is 4.79. The Kier molecular flexibility index (Phi) is 5.19. The molecule has 0 saturated carbocycles. The molecule has 0 spiro atoms. The van der Waals surface area contributed by atoms with Gasteiger partial charge in [0.05, 0.1) is 0 Å². The van der Waals surface area contributed by atoms with Crippen LogP contribution in [0.5, 0.6) is 11.5 Å². The van der Waals surface area contributed by atoms with E-state index >= 15 is 0 Å². The lowest BCUT2D eigenvalue weighted by atomic mass is 10.1. The molecule has 4 nitrogen and oxygen atoms in total. The highest BCUT2D eigenvalue weighted by Crippen LogP contribution is 2.45. The van der Waals surface area contributed by atoms with Crippen molar-refractivity contribution in [3.8, 4) is 22.6 Å². The molecule has 4 heteroatoms.